The van der Waals surface area contributed by atoms with E-state index >= 15 is 0 Å². The van der Waals surface area contributed by atoms with Crippen LogP contribution in [0.15, 0.2) is 48.5 Å². The van der Waals surface area contributed by atoms with E-state index in [4.69, 9.17) is 12.2 Å². The smallest absolute Gasteiger partial charge is 0.269 e. The summed E-state index contributed by atoms with van der Waals surface area (Å²) >= 11 is 5.12. The van der Waals surface area contributed by atoms with Crippen molar-refractivity contribution in [3.8, 4) is 0 Å². The number of nitrogens with one attached hydrogen (secondary N) is 2. The Morgan fingerprint density at radius 1 is 1.12 bits per heavy atom. The van der Waals surface area contributed by atoms with Crippen LogP contribution in [0.1, 0.15) is 16.7 Å². The van der Waals surface area contributed by atoms with Gasteiger partial charge in [0.1, 0.15) is 0 Å². The number of nitrogens with zero attached hydrogens (tertiary/aromatic N) is 1. The van der Waals surface area contributed by atoms with Crippen molar-refractivity contribution in [1.82, 2.24) is 5.32 Å². The minimum Gasteiger partial charge on any atom is -0.332 e. The molecule has 0 aliphatic heterocycles. The Balaban J connectivity index is 1.92. The molecule has 6 nitrogen and oxygen atoms in total. The van der Waals surface area contributed by atoms with E-state index in [1.165, 1.54) is 18.2 Å². The van der Waals surface area contributed by atoms with Gasteiger partial charge in [-0.05, 0) is 73.1 Å². The average molecular weight is 355 g/mol. The molecule has 2 N–H and O–H groups in total. The monoisotopic (exact) mass is 355 g/mol. The molecule has 0 aliphatic carbocycles. The number of hydrogen-bond donors (Lipinski definition) is 2. The van der Waals surface area contributed by atoms with Gasteiger partial charge in [0.05, 0.1) is 4.92 Å². The zero-order chi connectivity index (χ0) is 18.4. The molecule has 0 atom stereocenters. The fraction of sp³-hybridized carbons (Fsp3) is 0.111. The van der Waals surface area contributed by atoms with E-state index in [0.717, 1.165) is 16.8 Å². The van der Waals surface area contributed by atoms with Crippen LogP contribution in [0.25, 0.3) is 6.08 Å². The number of carbonyl (C=O) groups excluding carboxylic acids is 1. The van der Waals surface area contributed by atoms with Gasteiger partial charge in [-0.25, -0.2) is 0 Å². The summed E-state index contributed by atoms with van der Waals surface area (Å²) in [5.41, 5.74) is 3.67. The first kappa shape index (κ1) is 18.3. The molecule has 0 heterocycles. The molecule has 128 valence electrons. The van der Waals surface area contributed by atoms with Crippen LogP contribution in [0.3, 0.4) is 0 Å². The van der Waals surface area contributed by atoms with Crippen LogP contribution in [0, 0.1) is 24.0 Å². The van der Waals surface area contributed by atoms with Crippen LogP contribution in [-0.4, -0.2) is 15.9 Å². The van der Waals surface area contributed by atoms with Crippen molar-refractivity contribution in [3.05, 3.63) is 75.3 Å². The van der Waals surface area contributed by atoms with Crippen LogP contribution < -0.4 is 10.6 Å². The molecule has 25 heavy (non-hydrogen) atoms. The van der Waals surface area contributed by atoms with Crippen LogP contribution in [0.2, 0.25) is 0 Å². The maximum Gasteiger partial charge on any atom is 0.269 e. The summed E-state index contributed by atoms with van der Waals surface area (Å²) in [6.07, 6.45) is 2.87. The van der Waals surface area contributed by atoms with Gasteiger partial charge < -0.3 is 5.32 Å². The van der Waals surface area contributed by atoms with Crippen molar-refractivity contribution >= 4 is 40.7 Å². The molecule has 0 aliphatic rings. The third-order valence-corrected chi connectivity index (χ3v) is 3.45. The number of hydrogen-bond acceptors (Lipinski definition) is 4. The second-order valence-electron chi connectivity index (χ2n) is 5.50. The highest BCUT2D eigenvalue weighted by Gasteiger charge is 2.04. The first-order valence-electron chi connectivity index (χ1n) is 7.46. The molecule has 0 saturated heterocycles. The van der Waals surface area contributed by atoms with Crippen LogP contribution in [-0.2, 0) is 4.79 Å². The van der Waals surface area contributed by atoms with Crippen LogP contribution in [0.5, 0.6) is 0 Å². The Kier molecular flexibility index (Phi) is 5.97. The molecule has 2 aromatic carbocycles. The lowest BCUT2D eigenvalue weighted by atomic mass is 10.1. The van der Waals surface area contributed by atoms with Gasteiger partial charge in [0.2, 0.25) is 5.91 Å². The van der Waals surface area contributed by atoms with Crippen molar-refractivity contribution in [3.63, 3.8) is 0 Å². The fourth-order valence-corrected chi connectivity index (χ4v) is 2.46. The van der Waals surface area contributed by atoms with Crippen LogP contribution in [0.4, 0.5) is 11.4 Å². The lowest BCUT2D eigenvalue weighted by Gasteiger charge is -2.09. The van der Waals surface area contributed by atoms with E-state index in [1.807, 2.05) is 32.0 Å². The predicted octanol–water partition coefficient (Wildman–Crippen LogP) is 3.74. The highest BCUT2D eigenvalue weighted by atomic mass is 32.1. The zero-order valence-electron chi connectivity index (χ0n) is 13.8. The number of aryl methyl sites for hydroxylation is 2. The predicted molar refractivity (Wildman–Crippen MR) is 102 cm³/mol. The number of non-ortho nitro benzene ring substituents is 1. The van der Waals surface area contributed by atoms with Crippen molar-refractivity contribution in [2.24, 2.45) is 0 Å². The lowest BCUT2D eigenvalue weighted by Crippen LogP contribution is -2.32. The largest absolute Gasteiger partial charge is 0.332 e. The molecule has 1 amide bonds. The topological polar surface area (TPSA) is 84.3 Å². The van der Waals surface area contributed by atoms with Crippen molar-refractivity contribution < 1.29 is 9.72 Å². The number of carbonyl (C=O) groups is 1. The first-order chi connectivity index (χ1) is 11.8. The number of nitro benzene ring substituents is 1. The van der Waals surface area contributed by atoms with Gasteiger partial charge in [0, 0.05) is 23.9 Å². The molecule has 0 spiro atoms. The number of thiocarbonyl (C=S) groups is 1. The molecule has 0 fully saturated rings. The Morgan fingerprint density at radius 3 is 2.28 bits per heavy atom. The Morgan fingerprint density at radius 2 is 1.72 bits per heavy atom. The standard InChI is InChI=1S/C18H17N3O3S/c1-12-9-13(2)11-15(10-12)19-18(25)20-17(22)8-5-14-3-6-16(7-4-14)21(23)24/h3-11H,1-2H3,(H2,19,20,22,25)/b8-5+. The SMILES string of the molecule is Cc1cc(C)cc(NC(=S)NC(=O)/C=C/c2ccc([N+](=O)[O-])cc2)c1. The highest BCUT2D eigenvalue weighted by Crippen LogP contribution is 2.14. The Hall–Kier alpha value is -3.06. The van der Waals surface area contributed by atoms with E-state index in [-0.39, 0.29) is 16.7 Å². The highest BCUT2D eigenvalue weighted by molar-refractivity contribution is 7.80. The van der Waals surface area contributed by atoms with E-state index in [9.17, 15) is 14.9 Å². The third-order valence-electron chi connectivity index (χ3n) is 3.25. The molecule has 0 unspecified atom stereocenters. The van der Waals surface area contributed by atoms with Gasteiger partial charge in [-0.1, -0.05) is 6.07 Å². The van der Waals surface area contributed by atoms with Crippen molar-refractivity contribution in [2.45, 2.75) is 13.8 Å². The number of amides is 1. The average Bonchev–Trinajstić information content (AvgIpc) is 2.52. The number of nitro groups is 1. The van der Waals surface area contributed by atoms with Gasteiger partial charge in [-0.2, -0.15) is 0 Å². The third kappa shape index (κ3) is 5.82. The summed E-state index contributed by atoms with van der Waals surface area (Å²) in [6, 6.07) is 11.8. The summed E-state index contributed by atoms with van der Waals surface area (Å²) in [5, 5.41) is 16.3. The molecule has 0 aromatic heterocycles. The summed E-state index contributed by atoms with van der Waals surface area (Å²) < 4.78 is 0. The Labute approximate surface area is 150 Å². The molecule has 2 rings (SSSR count). The molecule has 2 aromatic rings. The minimum absolute atomic E-state index is 0.000396. The van der Waals surface area contributed by atoms with Gasteiger partial charge in [0.25, 0.3) is 5.69 Å². The molecule has 0 bridgehead atoms. The summed E-state index contributed by atoms with van der Waals surface area (Å²) in [6.45, 7) is 3.96. The van der Waals surface area contributed by atoms with E-state index in [0.29, 0.717) is 5.56 Å². The summed E-state index contributed by atoms with van der Waals surface area (Å²) in [7, 11) is 0. The van der Waals surface area contributed by atoms with Gasteiger partial charge in [-0.15, -0.1) is 0 Å². The van der Waals surface area contributed by atoms with Gasteiger partial charge in [0.15, 0.2) is 5.11 Å². The Bertz CT molecular complexity index is 825. The second-order valence-corrected chi connectivity index (χ2v) is 5.91. The summed E-state index contributed by atoms with van der Waals surface area (Å²) in [5.74, 6) is -0.389. The molecular formula is C18H17N3O3S. The van der Waals surface area contributed by atoms with Crippen molar-refractivity contribution in [1.29, 1.82) is 0 Å². The van der Waals surface area contributed by atoms with Crippen LogP contribution >= 0.6 is 12.2 Å². The minimum atomic E-state index is -0.475. The fourth-order valence-electron chi connectivity index (χ4n) is 2.24. The van der Waals surface area contributed by atoms with Gasteiger partial charge >= 0.3 is 0 Å². The molecule has 7 heteroatoms. The van der Waals surface area contributed by atoms with E-state index in [1.54, 1.807) is 18.2 Å². The molecule has 0 radical (unpaired) electrons. The number of anilines is 1. The normalized spacial score (nSPS) is 10.5. The maximum atomic E-state index is 11.9. The summed E-state index contributed by atoms with van der Waals surface area (Å²) in [4.78, 5) is 22.0. The number of benzene rings is 2. The first-order valence-corrected chi connectivity index (χ1v) is 7.87. The second kappa shape index (κ2) is 8.16. The zero-order valence-corrected chi connectivity index (χ0v) is 14.6. The quantitative estimate of drug-likeness (QED) is 0.378. The van der Waals surface area contributed by atoms with Gasteiger partial charge in [-0.3, -0.25) is 20.2 Å². The van der Waals surface area contributed by atoms with Crippen molar-refractivity contribution in [2.75, 3.05) is 5.32 Å². The molecular weight excluding hydrogens is 338 g/mol. The molecule has 0 saturated carbocycles. The van der Waals surface area contributed by atoms with E-state index in [2.05, 4.69) is 10.6 Å². The lowest BCUT2D eigenvalue weighted by molar-refractivity contribution is -0.384. The van der Waals surface area contributed by atoms with E-state index < -0.39 is 4.92 Å². The maximum absolute atomic E-state index is 11.9. The number of rotatable bonds is 4.